The van der Waals surface area contributed by atoms with E-state index in [0.717, 1.165) is 25.9 Å². The Kier molecular flexibility index (Phi) is 7.97. The molecule has 1 saturated heterocycles. The molecular formula is C10H18INO3S. The molecule has 0 atom stereocenters. The molecule has 0 aromatic heterocycles. The van der Waals surface area contributed by atoms with Gasteiger partial charge in [-0.2, -0.15) is 0 Å². The Balaban J connectivity index is 2.06. The van der Waals surface area contributed by atoms with Crippen molar-refractivity contribution in [2.24, 2.45) is 5.92 Å². The first-order valence-electron chi connectivity index (χ1n) is 5.50. The molecule has 0 aromatic rings. The van der Waals surface area contributed by atoms with Crippen molar-refractivity contribution in [1.82, 2.24) is 3.11 Å². The molecule has 94 valence electrons. The molecule has 0 unspecified atom stereocenters. The lowest BCUT2D eigenvalue weighted by atomic mass is 10.0. The average Bonchev–Trinajstić information content (AvgIpc) is 2.29. The van der Waals surface area contributed by atoms with Gasteiger partial charge in [0.1, 0.15) is 0 Å². The summed E-state index contributed by atoms with van der Waals surface area (Å²) < 4.78 is 7.45. The Labute approximate surface area is 115 Å². The van der Waals surface area contributed by atoms with Crippen molar-refractivity contribution < 1.29 is 14.6 Å². The van der Waals surface area contributed by atoms with E-state index in [0.29, 0.717) is 19.0 Å². The first kappa shape index (κ1) is 14.7. The SMILES string of the molecule is O=C(SCOCCCO)C1CCN(I)CC1. The second-order valence-electron chi connectivity index (χ2n) is 3.75. The van der Waals surface area contributed by atoms with E-state index in [1.165, 1.54) is 11.8 Å². The van der Waals surface area contributed by atoms with E-state index in [-0.39, 0.29) is 17.6 Å². The van der Waals surface area contributed by atoms with E-state index < -0.39 is 0 Å². The highest BCUT2D eigenvalue weighted by atomic mass is 127. The van der Waals surface area contributed by atoms with Gasteiger partial charge in [0.15, 0.2) is 5.12 Å². The van der Waals surface area contributed by atoms with Gasteiger partial charge in [-0.05, 0) is 19.3 Å². The monoisotopic (exact) mass is 359 g/mol. The molecule has 16 heavy (non-hydrogen) atoms. The van der Waals surface area contributed by atoms with E-state index in [9.17, 15) is 4.79 Å². The van der Waals surface area contributed by atoms with Crippen LogP contribution in [0, 0.1) is 5.92 Å². The molecule has 0 aromatic carbocycles. The van der Waals surface area contributed by atoms with Crippen LogP contribution in [0.5, 0.6) is 0 Å². The molecule has 1 aliphatic rings. The van der Waals surface area contributed by atoms with Gasteiger partial charge in [-0.25, -0.2) is 3.11 Å². The summed E-state index contributed by atoms with van der Waals surface area (Å²) in [5.74, 6) is 0.626. The second-order valence-corrected chi connectivity index (χ2v) is 6.04. The number of carbonyl (C=O) groups is 1. The molecule has 0 bridgehead atoms. The van der Waals surface area contributed by atoms with Gasteiger partial charge < -0.3 is 9.84 Å². The van der Waals surface area contributed by atoms with Crippen molar-refractivity contribution in [3.05, 3.63) is 0 Å². The summed E-state index contributed by atoms with van der Waals surface area (Å²) in [5.41, 5.74) is 0. The number of halogens is 1. The van der Waals surface area contributed by atoms with Crippen molar-refractivity contribution in [2.75, 3.05) is 32.2 Å². The molecule has 0 saturated carbocycles. The third-order valence-electron chi connectivity index (χ3n) is 2.51. The zero-order chi connectivity index (χ0) is 11.8. The van der Waals surface area contributed by atoms with E-state index in [1.54, 1.807) is 0 Å². The molecule has 1 rings (SSSR count). The normalized spacial score (nSPS) is 18.9. The minimum Gasteiger partial charge on any atom is -0.396 e. The number of aliphatic hydroxyl groups excluding tert-OH is 1. The Bertz CT molecular complexity index is 210. The van der Waals surface area contributed by atoms with Gasteiger partial charge in [0.25, 0.3) is 0 Å². The lowest BCUT2D eigenvalue weighted by Gasteiger charge is -2.25. The van der Waals surface area contributed by atoms with Crippen LogP contribution in [0.25, 0.3) is 0 Å². The number of piperidine rings is 1. The quantitative estimate of drug-likeness (QED) is 0.338. The zero-order valence-electron chi connectivity index (χ0n) is 9.23. The minimum absolute atomic E-state index is 0.146. The molecule has 0 amide bonds. The highest BCUT2D eigenvalue weighted by molar-refractivity contribution is 14.1. The van der Waals surface area contributed by atoms with Crippen molar-refractivity contribution >= 4 is 39.7 Å². The molecule has 1 heterocycles. The molecule has 1 fully saturated rings. The fourth-order valence-electron chi connectivity index (χ4n) is 1.53. The van der Waals surface area contributed by atoms with Crippen molar-refractivity contribution in [1.29, 1.82) is 0 Å². The Morgan fingerprint density at radius 2 is 2.19 bits per heavy atom. The molecule has 1 N–H and O–H groups in total. The maximum atomic E-state index is 11.8. The minimum atomic E-state index is 0.146. The Morgan fingerprint density at radius 3 is 2.81 bits per heavy atom. The van der Waals surface area contributed by atoms with Crippen LogP contribution < -0.4 is 0 Å². The van der Waals surface area contributed by atoms with E-state index in [1.807, 2.05) is 0 Å². The fraction of sp³-hybridized carbons (Fsp3) is 0.900. The van der Waals surface area contributed by atoms with Gasteiger partial charge in [-0.3, -0.25) is 4.79 Å². The van der Waals surface area contributed by atoms with Crippen LogP contribution in [-0.4, -0.2) is 45.6 Å². The summed E-state index contributed by atoms with van der Waals surface area (Å²) in [6.07, 6.45) is 2.57. The molecular weight excluding hydrogens is 341 g/mol. The standard InChI is InChI=1S/C10H18INO3S/c11-12-4-2-9(3-5-12)10(14)16-8-15-7-1-6-13/h9,13H,1-8H2. The first-order chi connectivity index (χ1) is 7.74. The summed E-state index contributed by atoms with van der Waals surface area (Å²) in [5, 5.41) is 8.80. The van der Waals surface area contributed by atoms with Crippen LogP contribution >= 0.6 is 34.6 Å². The zero-order valence-corrected chi connectivity index (χ0v) is 12.2. The number of carbonyl (C=O) groups excluding carboxylic acids is 1. The molecule has 0 spiro atoms. The predicted octanol–water partition coefficient (Wildman–Crippen LogP) is 1.66. The maximum absolute atomic E-state index is 11.8. The van der Waals surface area contributed by atoms with Crippen LogP contribution in [-0.2, 0) is 9.53 Å². The maximum Gasteiger partial charge on any atom is 0.194 e. The number of ether oxygens (including phenoxy) is 1. The van der Waals surface area contributed by atoms with Gasteiger partial charge in [-0.15, -0.1) is 0 Å². The van der Waals surface area contributed by atoms with Crippen molar-refractivity contribution in [3.63, 3.8) is 0 Å². The van der Waals surface area contributed by atoms with Crippen LogP contribution in [0.4, 0.5) is 0 Å². The lowest BCUT2D eigenvalue weighted by molar-refractivity contribution is -0.115. The van der Waals surface area contributed by atoms with Gasteiger partial charge >= 0.3 is 0 Å². The van der Waals surface area contributed by atoms with Gasteiger partial charge in [-0.1, -0.05) is 11.8 Å². The number of hydrogen-bond donors (Lipinski definition) is 1. The van der Waals surface area contributed by atoms with Crippen molar-refractivity contribution in [3.8, 4) is 0 Å². The smallest absolute Gasteiger partial charge is 0.194 e. The first-order valence-corrected chi connectivity index (χ1v) is 7.45. The average molecular weight is 359 g/mol. The third-order valence-corrected chi connectivity index (χ3v) is 4.37. The predicted molar refractivity (Wildman–Crippen MR) is 73.4 cm³/mol. The summed E-state index contributed by atoms with van der Waals surface area (Å²) >= 11 is 3.57. The van der Waals surface area contributed by atoms with E-state index in [2.05, 4.69) is 26.0 Å². The Morgan fingerprint density at radius 1 is 1.50 bits per heavy atom. The molecule has 1 aliphatic heterocycles. The molecule has 6 heteroatoms. The van der Waals surface area contributed by atoms with Crippen LogP contribution in [0.15, 0.2) is 0 Å². The summed E-state index contributed by atoms with van der Waals surface area (Å²) in [6, 6.07) is 0. The molecule has 4 nitrogen and oxygen atoms in total. The molecule has 0 aliphatic carbocycles. The summed E-state index contributed by atoms with van der Waals surface area (Å²) in [7, 11) is 0. The largest absolute Gasteiger partial charge is 0.396 e. The summed E-state index contributed by atoms with van der Waals surface area (Å²) in [4.78, 5) is 11.8. The summed E-state index contributed by atoms with van der Waals surface area (Å²) in [6.45, 7) is 2.68. The third kappa shape index (κ3) is 5.81. The van der Waals surface area contributed by atoms with E-state index in [4.69, 9.17) is 9.84 Å². The fourth-order valence-corrected chi connectivity index (χ4v) is 2.87. The van der Waals surface area contributed by atoms with E-state index >= 15 is 0 Å². The van der Waals surface area contributed by atoms with Crippen LogP contribution in [0.3, 0.4) is 0 Å². The van der Waals surface area contributed by atoms with Crippen LogP contribution in [0.1, 0.15) is 19.3 Å². The molecule has 0 radical (unpaired) electrons. The van der Waals surface area contributed by atoms with Crippen LogP contribution in [0.2, 0.25) is 0 Å². The number of hydrogen-bond acceptors (Lipinski definition) is 5. The highest BCUT2D eigenvalue weighted by Crippen LogP contribution is 2.24. The second kappa shape index (κ2) is 8.68. The van der Waals surface area contributed by atoms with Gasteiger partial charge in [0, 0.05) is 55.1 Å². The van der Waals surface area contributed by atoms with Gasteiger partial charge in [0.2, 0.25) is 0 Å². The number of thioether (sulfide) groups is 1. The van der Waals surface area contributed by atoms with Crippen molar-refractivity contribution in [2.45, 2.75) is 19.3 Å². The lowest BCUT2D eigenvalue weighted by Crippen LogP contribution is -2.29. The number of nitrogens with zero attached hydrogens (tertiary/aromatic N) is 1. The number of rotatable bonds is 6. The number of aliphatic hydroxyl groups is 1. The van der Waals surface area contributed by atoms with Gasteiger partial charge in [0.05, 0.1) is 5.94 Å². The highest BCUT2D eigenvalue weighted by Gasteiger charge is 2.23. The Hall–Kier alpha value is 0.630. The topological polar surface area (TPSA) is 49.8 Å².